The van der Waals surface area contributed by atoms with Crippen molar-refractivity contribution in [2.24, 2.45) is 0 Å². The summed E-state index contributed by atoms with van der Waals surface area (Å²) in [5.74, 6) is -0.841. The molecule has 1 fully saturated rings. The predicted molar refractivity (Wildman–Crippen MR) is 99.5 cm³/mol. The van der Waals surface area contributed by atoms with Gasteiger partial charge in [0.15, 0.2) is 10.9 Å². The van der Waals surface area contributed by atoms with Crippen LogP contribution in [0.4, 0.5) is 4.39 Å². The minimum Gasteiger partial charge on any atom is -0.487 e. The van der Waals surface area contributed by atoms with Gasteiger partial charge in [-0.05, 0) is 19.5 Å². The van der Waals surface area contributed by atoms with E-state index in [1.807, 2.05) is 27.8 Å². The molecule has 2 aromatic rings. The summed E-state index contributed by atoms with van der Waals surface area (Å²) in [7, 11) is 2.00. The number of benzene rings is 1. The van der Waals surface area contributed by atoms with Gasteiger partial charge < -0.3 is 14.1 Å². The van der Waals surface area contributed by atoms with Gasteiger partial charge in [-0.1, -0.05) is 44.0 Å². The highest BCUT2D eigenvalue weighted by molar-refractivity contribution is 6.32. The summed E-state index contributed by atoms with van der Waals surface area (Å²) in [5, 5.41) is 0.180. The summed E-state index contributed by atoms with van der Waals surface area (Å²) in [6, 6.07) is 2.52. The van der Waals surface area contributed by atoms with E-state index in [4.69, 9.17) is 32.4 Å². The van der Waals surface area contributed by atoms with Crippen LogP contribution in [0.1, 0.15) is 33.0 Å². The predicted octanol–water partition coefficient (Wildman–Crippen LogP) is 4.26. The standard InChI is InChI=1S/C18H21Cl2FN2O3/c1-18(2,3)15-16(20)23(17(24)26-15)13-8-14(11(19)7-12(13)21)25-10-5-6-22(4)9-10/h7-8,10H,5-6,9H2,1-4H3. The molecule has 5 nitrogen and oxygen atoms in total. The van der Waals surface area contributed by atoms with Crippen molar-refractivity contribution < 1.29 is 13.5 Å². The Hall–Kier alpha value is -1.50. The van der Waals surface area contributed by atoms with E-state index in [1.165, 1.54) is 6.07 Å². The van der Waals surface area contributed by atoms with Crippen LogP contribution in [-0.4, -0.2) is 35.7 Å². The average Bonchev–Trinajstić information content (AvgIpc) is 3.05. The molecule has 0 N–H and O–H groups in total. The Morgan fingerprint density at radius 1 is 1.31 bits per heavy atom. The van der Waals surface area contributed by atoms with Gasteiger partial charge >= 0.3 is 5.76 Å². The van der Waals surface area contributed by atoms with Gasteiger partial charge in [-0.25, -0.2) is 13.8 Å². The summed E-state index contributed by atoms with van der Waals surface area (Å²) in [6.45, 7) is 7.22. The molecule has 1 saturated heterocycles. The normalized spacial score (nSPS) is 18.5. The Bertz CT molecular complexity index is 886. The summed E-state index contributed by atoms with van der Waals surface area (Å²) in [6.07, 6.45) is 0.803. The molecule has 142 valence electrons. The van der Waals surface area contributed by atoms with E-state index in [0.29, 0.717) is 11.5 Å². The quantitative estimate of drug-likeness (QED) is 0.769. The molecule has 0 radical (unpaired) electrons. The van der Waals surface area contributed by atoms with Gasteiger partial charge in [0.1, 0.15) is 17.7 Å². The van der Waals surface area contributed by atoms with Crippen LogP contribution in [0, 0.1) is 5.82 Å². The van der Waals surface area contributed by atoms with Crippen molar-refractivity contribution in [2.45, 2.75) is 38.7 Å². The lowest BCUT2D eigenvalue weighted by Gasteiger charge is -2.17. The Kier molecular flexibility index (Phi) is 5.12. The lowest BCUT2D eigenvalue weighted by molar-refractivity contribution is 0.208. The second-order valence-corrected chi connectivity index (χ2v) is 8.36. The Morgan fingerprint density at radius 2 is 2.00 bits per heavy atom. The first-order valence-corrected chi connectivity index (χ1v) is 9.10. The molecule has 0 saturated carbocycles. The molecule has 1 unspecified atom stereocenters. The van der Waals surface area contributed by atoms with Crippen LogP contribution < -0.4 is 10.5 Å². The number of hydrogen-bond acceptors (Lipinski definition) is 4. The van der Waals surface area contributed by atoms with E-state index >= 15 is 0 Å². The van der Waals surface area contributed by atoms with Gasteiger partial charge in [0, 0.05) is 24.6 Å². The fourth-order valence-electron chi connectivity index (χ4n) is 2.97. The number of halogens is 3. The number of rotatable bonds is 3. The molecular weight excluding hydrogens is 382 g/mol. The number of aromatic nitrogens is 1. The smallest absolute Gasteiger partial charge is 0.425 e. The van der Waals surface area contributed by atoms with Crippen LogP contribution in [0.3, 0.4) is 0 Å². The Labute approximate surface area is 161 Å². The zero-order valence-corrected chi connectivity index (χ0v) is 16.6. The molecular formula is C18H21Cl2FN2O3. The second kappa shape index (κ2) is 6.91. The molecule has 1 aliphatic heterocycles. The van der Waals surface area contributed by atoms with Crippen molar-refractivity contribution in [2.75, 3.05) is 20.1 Å². The van der Waals surface area contributed by atoms with Crippen LogP contribution in [0.15, 0.2) is 21.3 Å². The minimum absolute atomic E-state index is 0.0373. The third-order valence-corrected chi connectivity index (χ3v) is 4.96. The highest BCUT2D eigenvalue weighted by Crippen LogP contribution is 2.35. The summed E-state index contributed by atoms with van der Waals surface area (Å²) in [4.78, 5) is 14.4. The minimum atomic E-state index is -0.757. The first-order chi connectivity index (χ1) is 12.1. The fourth-order valence-corrected chi connectivity index (χ4v) is 3.65. The molecule has 0 amide bonds. The van der Waals surface area contributed by atoms with Crippen molar-refractivity contribution in [3.8, 4) is 11.4 Å². The van der Waals surface area contributed by atoms with E-state index in [0.717, 1.165) is 30.1 Å². The molecule has 1 aromatic carbocycles. The topological polar surface area (TPSA) is 47.6 Å². The van der Waals surface area contributed by atoms with E-state index in [2.05, 4.69) is 4.90 Å². The SMILES string of the molecule is CN1CCC(Oc2cc(-n3c(Cl)c(C(C)(C)C)oc3=O)c(F)cc2Cl)C1. The maximum absolute atomic E-state index is 14.5. The lowest BCUT2D eigenvalue weighted by Crippen LogP contribution is -2.22. The van der Waals surface area contributed by atoms with Gasteiger partial charge in [0.05, 0.1) is 10.7 Å². The lowest BCUT2D eigenvalue weighted by atomic mass is 9.94. The van der Waals surface area contributed by atoms with Gasteiger partial charge in [-0.2, -0.15) is 0 Å². The summed E-state index contributed by atoms with van der Waals surface area (Å²) in [5.41, 5.74) is -0.553. The number of likely N-dealkylation sites (tertiary alicyclic amines) is 1. The number of oxazole rings is 1. The molecule has 0 spiro atoms. The zero-order valence-electron chi connectivity index (χ0n) is 15.1. The molecule has 1 atom stereocenters. The monoisotopic (exact) mass is 402 g/mol. The van der Waals surface area contributed by atoms with Crippen LogP contribution in [0.5, 0.6) is 5.75 Å². The fraction of sp³-hybridized carbons (Fsp3) is 0.500. The largest absolute Gasteiger partial charge is 0.487 e. The van der Waals surface area contributed by atoms with Crippen LogP contribution >= 0.6 is 23.2 Å². The first kappa shape index (κ1) is 19.3. The van der Waals surface area contributed by atoms with Gasteiger partial charge in [-0.15, -0.1) is 0 Å². The van der Waals surface area contributed by atoms with Crippen molar-refractivity contribution in [3.05, 3.63) is 44.4 Å². The van der Waals surface area contributed by atoms with E-state index < -0.39 is 17.0 Å². The zero-order chi connectivity index (χ0) is 19.2. The number of likely N-dealkylation sites (N-methyl/N-ethyl adjacent to an activating group) is 1. The van der Waals surface area contributed by atoms with Crippen molar-refractivity contribution in [1.29, 1.82) is 0 Å². The molecule has 1 aromatic heterocycles. The van der Waals surface area contributed by atoms with E-state index in [9.17, 15) is 9.18 Å². The maximum atomic E-state index is 14.5. The third-order valence-electron chi connectivity index (χ3n) is 4.32. The average molecular weight is 403 g/mol. The molecule has 8 heteroatoms. The number of nitrogens with zero attached hydrogens (tertiary/aromatic N) is 2. The second-order valence-electron chi connectivity index (χ2n) is 7.60. The van der Waals surface area contributed by atoms with Crippen molar-refractivity contribution >= 4 is 23.2 Å². The molecule has 2 heterocycles. The molecule has 26 heavy (non-hydrogen) atoms. The van der Waals surface area contributed by atoms with Crippen LogP contribution in [-0.2, 0) is 5.41 Å². The van der Waals surface area contributed by atoms with E-state index in [1.54, 1.807) is 0 Å². The first-order valence-electron chi connectivity index (χ1n) is 8.34. The van der Waals surface area contributed by atoms with Crippen LogP contribution in [0.25, 0.3) is 5.69 Å². The number of ether oxygens (including phenoxy) is 1. The van der Waals surface area contributed by atoms with Gasteiger partial charge in [0.25, 0.3) is 0 Å². The molecule has 3 rings (SSSR count). The van der Waals surface area contributed by atoms with Gasteiger partial charge in [0.2, 0.25) is 0 Å². The molecule has 0 bridgehead atoms. The summed E-state index contributed by atoms with van der Waals surface area (Å²) >= 11 is 12.5. The van der Waals surface area contributed by atoms with Gasteiger partial charge in [-0.3, -0.25) is 0 Å². The van der Waals surface area contributed by atoms with Crippen molar-refractivity contribution in [1.82, 2.24) is 9.47 Å². The summed E-state index contributed by atoms with van der Waals surface area (Å²) < 4.78 is 26.7. The molecule has 0 aliphatic carbocycles. The maximum Gasteiger partial charge on any atom is 0.425 e. The Morgan fingerprint density at radius 3 is 2.54 bits per heavy atom. The highest BCUT2D eigenvalue weighted by Gasteiger charge is 2.29. The van der Waals surface area contributed by atoms with Crippen molar-refractivity contribution in [3.63, 3.8) is 0 Å². The Balaban J connectivity index is 2.05. The highest BCUT2D eigenvalue weighted by atomic mass is 35.5. The number of hydrogen-bond donors (Lipinski definition) is 0. The third kappa shape index (κ3) is 3.63. The molecule has 1 aliphatic rings. The van der Waals surface area contributed by atoms with E-state index in [-0.39, 0.29) is 22.0 Å². The van der Waals surface area contributed by atoms with Crippen LogP contribution in [0.2, 0.25) is 10.2 Å².